The van der Waals surface area contributed by atoms with Crippen LogP contribution < -0.4 is 0 Å². The van der Waals surface area contributed by atoms with Crippen LogP contribution in [0, 0.1) is 0 Å². The first kappa shape index (κ1) is 11.5. The number of aryl methyl sites for hydroxylation is 1. The molecule has 1 aromatic carbocycles. The monoisotopic (exact) mass is 236 g/mol. The van der Waals surface area contributed by atoms with Gasteiger partial charge in [0.05, 0.1) is 0 Å². The van der Waals surface area contributed by atoms with Crippen molar-refractivity contribution in [2.45, 2.75) is 13.0 Å². The van der Waals surface area contributed by atoms with Crippen molar-refractivity contribution in [2.24, 2.45) is 7.05 Å². The van der Waals surface area contributed by atoms with E-state index in [4.69, 9.17) is 0 Å². The van der Waals surface area contributed by atoms with Gasteiger partial charge in [-0.2, -0.15) is 0 Å². The maximum atomic E-state index is 2.40. The summed E-state index contributed by atoms with van der Waals surface area (Å²) in [6.07, 6.45) is 1.18. The van der Waals surface area contributed by atoms with E-state index in [0.29, 0.717) is 0 Å². The number of hydrogen-bond donors (Lipinski definition) is 0. The number of para-hydroxylation sites is 1. The van der Waals surface area contributed by atoms with E-state index in [9.17, 15) is 0 Å². The highest BCUT2D eigenvalue weighted by molar-refractivity contribution is 5.86. The van der Waals surface area contributed by atoms with Gasteiger partial charge in [0.25, 0.3) is 0 Å². The smallest absolute Gasteiger partial charge is 0.0483 e. The molecular weight excluding hydrogens is 220 g/mol. The topological polar surface area (TPSA) is 8.17 Å². The van der Waals surface area contributed by atoms with Crippen LogP contribution in [0.5, 0.6) is 0 Å². The molecule has 16 heavy (non-hydrogen) atoms. The van der Waals surface area contributed by atoms with Crippen molar-refractivity contribution >= 4 is 23.3 Å². The lowest BCUT2D eigenvalue weighted by Gasteiger charge is -2.23. The lowest BCUT2D eigenvalue weighted by Crippen LogP contribution is -2.26. The van der Waals surface area contributed by atoms with Gasteiger partial charge in [0.15, 0.2) is 0 Å². The van der Waals surface area contributed by atoms with Crippen molar-refractivity contribution in [3.8, 4) is 0 Å². The standard InChI is InChI=1S/C13H16N2.ClH/c1-14-8-7-13-11(9-14)10-5-3-4-6-12(10)15(13)2;/h3-6H,7-9H2,1-2H3;1H. The number of rotatable bonds is 0. The van der Waals surface area contributed by atoms with Crippen LogP contribution in [0.25, 0.3) is 10.9 Å². The fourth-order valence-electron chi connectivity index (χ4n) is 2.67. The predicted molar refractivity (Wildman–Crippen MR) is 70.2 cm³/mol. The van der Waals surface area contributed by atoms with Crippen LogP contribution in [0.2, 0.25) is 0 Å². The largest absolute Gasteiger partial charge is 0.347 e. The second kappa shape index (κ2) is 4.11. The van der Waals surface area contributed by atoms with Gasteiger partial charge >= 0.3 is 0 Å². The summed E-state index contributed by atoms with van der Waals surface area (Å²) in [5.41, 5.74) is 4.42. The van der Waals surface area contributed by atoms with E-state index in [-0.39, 0.29) is 12.4 Å². The molecule has 0 fully saturated rings. The van der Waals surface area contributed by atoms with E-state index in [1.54, 1.807) is 0 Å². The van der Waals surface area contributed by atoms with Gasteiger partial charge in [-0.1, -0.05) is 18.2 Å². The lowest BCUT2D eigenvalue weighted by molar-refractivity contribution is 0.310. The minimum atomic E-state index is 0. The molecule has 0 radical (unpaired) electrons. The third-order valence-electron chi connectivity index (χ3n) is 3.50. The van der Waals surface area contributed by atoms with Gasteiger partial charge in [0, 0.05) is 43.2 Å². The molecule has 1 aliphatic heterocycles. The summed E-state index contributed by atoms with van der Waals surface area (Å²) in [5.74, 6) is 0. The minimum Gasteiger partial charge on any atom is -0.347 e. The van der Waals surface area contributed by atoms with E-state index in [2.05, 4.69) is 47.8 Å². The third kappa shape index (κ3) is 1.53. The Morgan fingerprint density at radius 3 is 2.69 bits per heavy atom. The molecule has 0 aliphatic carbocycles. The van der Waals surface area contributed by atoms with Gasteiger partial charge in [-0.15, -0.1) is 12.4 Å². The third-order valence-corrected chi connectivity index (χ3v) is 3.50. The Morgan fingerprint density at radius 1 is 1.12 bits per heavy atom. The van der Waals surface area contributed by atoms with Gasteiger partial charge in [-0.05, 0) is 18.7 Å². The van der Waals surface area contributed by atoms with Crippen molar-refractivity contribution in [2.75, 3.05) is 13.6 Å². The Kier molecular flexibility index (Phi) is 2.96. The molecule has 1 aliphatic rings. The van der Waals surface area contributed by atoms with Crippen LogP contribution >= 0.6 is 12.4 Å². The molecule has 0 N–H and O–H groups in total. The maximum absolute atomic E-state index is 2.40. The van der Waals surface area contributed by atoms with Gasteiger partial charge in [0.2, 0.25) is 0 Å². The molecular formula is C13H17ClN2. The van der Waals surface area contributed by atoms with Crippen molar-refractivity contribution in [1.82, 2.24) is 9.47 Å². The average Bonchev–Trinajstić information content (AvgIpc) is 2.54. The molecule has 0 atom stereocenters. The van der Waals surface area contributed by atoms with E-state index < -0.39 is 0 Å². The van der Waals surface area contributed by atoms with Gasteiger partial charge < -0.3 is 9.47 Å². The molecule has 0 unspecified atom stereocenters. The van der Waals surface area contributed by atoms with Crippen LogP contribution in [0.4, 0.5) is 0 Å². The minimum absolute atomic E-state index is 0. The van der Waals surface area contributed by atoms with Crippen molar-refractivity contribution in [3.05, 3.63) is 35.5 Å². The molecule has 0 saturated heterocycles. The maximum Gasteiger partial charge on any atom is 0.0483 e. The lowest BCUT2D eigenvalue weighted by atomic mass is 10.1. The second-order valence-electron chi connectivity index (χ2n) is 4.49. The fourth-order valence-corrected chi connectivity index (χ4v) is 2.67. The molecule has 3 heteroatoms. The summed E-state index contributed by atoms with van der Waals surface area (Å²) in [7, 11) is 4.39. The zero-order valence-electron chi connectivity index (χ0n) is 9.73. The van der Waals surface area contributed by atoms with Crippen molar-refractivity contribution in [3.63, 3.8) is 0 Å². The number of hydrogen-bond acceptors (Lipinski definition) is 1. The van der Waals surface area contributed by atoms with Gasteiger partial charge in [0.1, 0.15) is 0 Å². The van der Waals surface area contributed by atoms with Crippen LogP contribution in [0.15, 0.2) is 24.3 Å². The highest BCUT2D eigenvalue weighted by Gasteiger charge is 2.19. The molecule has 0 amide bonds. The molecule has 2 heterocycles. The number of benzene rings is 1. The Hall–Kier alpha value is -0.990. The molecule has 2 nitrogen and oxygen atoms in total. The Labute approximate surface area is 102 Å². The Balaban J connectivity index is 0.000000963. The normalized spacial score (nSPS) is 15.9. The first-order valence-corrected chi connectivity index (χ1v) is 5.51. The summed E-state index contributed by atoms with van der Waals surface area (Å²) >= 11 is 0. The molecule has 1 aromatic heterocycles. The number of halogens is 1. The number of fused-ring (bicyclic) bond motifs is 3. The van der Waals surface area contributed by atoms with Crippen LogP contribution in [0.1, 0.15) is 11.3 Å². The summed E-state index contributed by atoms with van der Waals surface area (Å²) in [6.45, 7) is 2.27. The quantitative estimate of drug-likeness (QED) is 0.683. The molecule has 0 bridgehead atoms. The van der Waals surface area contributed by atoms with E-state index in [1.807, 2.05) is 0 Å². The summed E-state index contributed by atoms with van der Waals surface area (Å²) in [6, 6.07) is 8.72. The van der Waals surface area contributed by atoms with E-state index >= 15 is 0 Å². The molecule has 0 saturated carbocycles. The van der Waals surface area contributed by atoms with Crippen LogP contribution in [-0.2, 0) is 20.0 Å². The predicted octanol–water partition coefficient (Wildman–Crippen LogP) is 2.59. The Morgan fingerprint density at radius 2 is 1.88 bits per heavy atom. The summed E-state index contributed by atoms with van der Waals surface area (Å²) < 4.78 is 2.36. The van der Waals surface area contributed by atoms with E-state index in [0.717, 1.165) is 6.54 Å². The number of likely N-dealkylation sites (N-methyl/N-ethyl adjacent to an activating group) is 1. The molecule has 3 rings (SSSR count). The van der Waals surface area contributed by atoms with Crippen molar-refractivity contribution < 1.29 is 0 Å². The molecule has 2 aromatic rings. The first-order chi connectivity index (χ1) is 7.27. The molecule has 86 valence electrons. The SMILES string of the molecule is CN1CCc2c(c3ccccc3n2C)C1.Cl. The summed E-state index contributed by atoms with van der Waals surface area (Å²) in [4.78, 5) is 2.40. The van der Waals surface area contributed by atoms with Crippen molar-refractivity contribution in [1.29, 1.82) is 0 Å². The zero-order chi connectivity index (χ0) is 10.4. The average molecular weight is 237 g/mol. The number of nitrogens with zero attached hydrogens (tertiary/aromatic N) is 2. The molecule has 0 spiro atoms. The van der Waals surface area contributed by atoms with Gasteiger partial charge in [-0.3, -0.25) is 0 Å². The highest BCUT2D eigenvalue weighted by atomic mass is 35.5. The van der Waals surface area contributed by atoms with Crippen LogP contribution in [-0.4, -0.2) is 23.1 Å². The number of aromatic nitrogens is 1. The zero-order valence-corrected chi connectivity index (χ0v) is 10.5. The highest BCUT2D eigenvalue weighted by Crippen LogP contribution is 2.29. The Bertz CT molecular complexity index is 516. The first-order valence-electron chi connectivity index (χ1n) is 5.51. The second-order valence-corrected chi connectivity index (χ2v) is 4.49. The van der Waals surface area contributed by atoms with Crippen LogP contribution in [0.3, 0.4) is 0 Å². The van der Waals surface area contributed by atoms with E-state index in [1.165, 1.54) is 35.1 Å². The van der Waals surface area contributed by atoms with Gasteiger partial charge in [-0.25, -0.2) is 0 Å². The summed E-state index contributed by atoms with van der Waals surface area (Å²) in [5, 5.41) is 1.43. The fraction of sp³-hybridized carbons (Fsp3) is 0.385.